The van der Waals surface area contributed by atoms with Crippen LogP contribution in [-0.2, 0) is 16.1 Å². The molecule has 0 bridgehead atoms. The minimum Gasteiger partial charge on any atom is -0.481 e. The number of ether oxygens (including phenoxy) is 1. The number of rotatable bonds is 6. The lowest BCUT2D eigenvalue weighted by molar-refractivity contribution is -0.150. The van der Waals surface area contributed by atoms with Crippen molar-refractivity contribution in [2.45, 2.75) is 38.7 Å². The number of carboxylic acids is 1. The molecule has 1 aromatic rings. The minimum absolute atomic E-state index is 0.200. The lowest BCUT2D eigenvalue weighted by atomic mass is 9.74. The Hall–Kier alpha value is -1.40. The minimum atomic E-state index is -0.800. The Bertz CT molecular complexity index is 506. The molecule has 1 aromatic heterocycles. The molecule has 1 aliphatic carbocycles. The number of carbonyl (C=O) groups excluding carboxylic acids is 1. The van der Waals surface area contributed by atoms with Gasteiger partial charge in [-0.1, -0.05) is 19.3 Å². The molecule has 0 saturated heterocycles. The molecule has 6 heteroatoms. The van der Waals surface area contributed by atoms with Crippen molar-refractivity contribution in [3.05, 3.63) is 21.9 Å². The Morgan fingerprint density at radius 2 is 2.10 bits per heavy atom. The van der Waals surface area contributed by atoms with E-state index in [2.05, 4.69) is 5.32 Å². The van der Waals surface area contributed by atoms with Gasteiger partial charge in [-0.2, -0.15) is 0 Å². The summed E-state index contributed by atoms with van der Waals surface area (Å²) < 4.78 is 5.06. The SMILES string of the molecule is COCc1ccsc1C(=O)NCC1(C(=O)O)CCCCC1. The first-order valence-electron chi connectivity index (χ1n) is 7.16. The maximum Gasteiger partial charge on any atom is 0.311 e. The zero-order valence-electron chi connectivity index (χ0n) is 12.2. The quantitative estimate of drug-likeness (QED) is 0.847. The first-order chi connectivity index (χ1) is 10.1. The van der Waals surface area contributed by atoms with Gasteiger partial charge in [0.05, 0.1) is 16.9 Å². The second-order valence-corrected chi connectivity index (χ2v) is 6.45. The van der Waals surface area contributed by atoms with Crippen LogP contribution in [0.5, 0.6) is 0 Å². The second-order valence-electron chi connectivity index (χ2n) is 5.54. The van der Waals surface area contributed by atoms with Crippen LogP contribution in [-0.4, -0.2) is 30.6 Å². The molecule has 0 unspecified atom stereocenters. The van der Waals surface area contributed by atoms with Crippen LogP contribution in [0.4, 0.5) is 0 Å². The van der Waals surface area contributed by atoms with Gasteiger partial charge in [-0.15, -0.1) is 11.3 Å². The van der Waals surface area contributed by atoms with E-state index in [9.17, 15) is 14.7 Å². The molecule has 1 heterocycles. The number of methoxy groups -OCH3 is 1. The third-order valence-corrected chi connectivity index (χ3v) is 5.06. The van der Waals surface area contributed by atoms with Crippen molar-refractivity contribution in [1.82, 2.24) is 5.32 Å². The third-order valence-electron chi connectivity index (χ3n) is 4.10. The standard InChI is InChI=1S/C15H21NO4S/c1-20-9-11-5-8-21-12(11)13(17)16-10-15(14(18)19)6-3-2-4-7-15/h5,8H,2-4,6-7,9-10H2,1H3,(H,16,17)(H,18,19). The molecule has 1 amide bonds. The van der Waals surface area contributed by atoms with Gasteiger partial charge in [0.1, 0.15) is 0 Å². The Labute approximate surface area is 128 Å². The third kappa shape index (κ3) is 3.63. The summed E-state index contributed by atoms with van der Waals surface area (Å²) in [7, 11) is 1.58. The molecule has 2 rings (SSSR count). The molecule has 0 atom stereocenters. The molecular formula is C15H21NO4S. The Morgan fingerprint density at radius 3 is 2.71 bits per heavy atom. The number of carbonyl (C=O) groups is 2. The second kappa shape index (κ2) is 7.04. The first kappa shape index (κ1) is 16.0. The van der Waals surface area contributed by atoms with Gasteiger partial charge < -0.3 is 15.2 Å². The molecule has 1 fully saturated rings. The van der Waals surface area contributed by atoms with E-state index in [-0.39, 0.29) is 12.5 Å². The summed E-state index contributed by atoms with van der Waals surface area (Å²) in [5.74, 6) is -1.01. The highest BCUT2D eigenvalue weighted by Crippen LogP contribution is 2.36. The van der Waals surface area contributed by atoms with Crippen molar-refractivity contribution < 1.29 is 19.4 Å². The predicted molar refractivity (Wildman–Crippen MR) is 80.5 cm³/mol. The summed E-state index contributed by atoms with van der Waals surface area (Å²) in [5.41, 5.74) is 0.0417. The molecule has 0 aliphatic heterocycles. The van der Waals surface area contributed by atoms with E-state index in [0.717, 1.165) is 24.8 Å². The first-order valence-corrected chi connectivity index (χ1v) is 8.04. The van der Waals surface area contributed by atoms with E-state index in [0.29, 0.717) is 24.3 Å². The monoisotopic (exact) mass is 311 g/mol. The van der Waals surface area contributed by atoms with Crippen molar-refractivity contribution in [3.8, 4) is 0 Å². The Balaban J connectivity index is 2.02. The number of hydrogen-bond donors (Lipinski definition) is 2. The van der Waals surface area contributed by atoms with Crippen LogP contribution in [0.3, 0.4) is 0 Å². The van der Waals surface area contributed by atoms with Gasteiger partial charge in [-0.25, -0.2) is 0 Å². The number of hydrogen-bond acceptors (Lipinski definition) is 4. The van der Waals surface area contributed by atoms with E-state index in [1.165, 1.54) is 11.3 Å². The molecule has 0 radical (unpaired) electrons. The van der Waals surface area contributed by atoms with Gasteiger partial charge in [0, 0.05) is 19.2 Å². The largest absolute Gasteiger partial charge is 0.481 e. The molecule has 1 saturated carbocycles. The maximum atomic E-state index is 12.3. The molecular weight excluding hydrogens is 290 g/mol. The van der Waals surface area contributed by atoms with Crippen LogP contribution in [0.15, 0.2) is 11.4 Å². The Morgan fingerprint density at radius 1 is 1.38 bits per heavy atom. The molecule has 1 aliphatic rings. The van der Waals surface area contributed by atoms with E-state index in [4.69, 9.17) is 4.74 Å². The summed E-state index contributed by atoms with van der Waals surface area (Å²) in [6, 6.07) is 1.86. The smallest absolute Gasteiger partial charge is 0.311 e. The average Bonchev–Trinajstić information content (AvgIpc) is 2.94. The van der Waals surface area contributed by atoms with Crippen LogP contribution in [0.25, 0.3) is 0 Å². The average molecular weight is 311 g/mol. The summed E-state index contributed by atoms with van der Waals surface area (Å²) in [6.07, 6.45) is 4.17. The molecule has 116 valence electrons. The van der Waals surface area contributed by atoms with Crippen molar-refractivity contribution in [2.75, 3.05) is 13.7 Å². The normalized spacial score (nSPS) is 17.4. The van der Waals surface area contributed by atoms with Crippen LogP contribution >= 0.6 is 11.3 Å². The van der Waals surface area contributed by atoms with Crippen molar-refractivity contribution >= 4 is 23.2 Å². The fourth-order valence-electron chi connectivity index (χ4n) is 2.83. The summed E-state index contributed by atoms with van der Waals surface area (Å²) in [4.78, 5) is 24.4. The highest BCUT2D eigenvalue weighted by atomic mass is 32.1. The van der Waals surface area contributed by atoms with Crippen LogP contribution in [0, 0.1) is 5.41 Å². The predicted octanol–water partition coefficient (Wildman–Crippen LogP) is 2.66. The summed E-state index contributed by atoms with van der Waals surface area (Å²) in [6.45, 7) is 0.585. The highest BCUT2D eigenvalue weighted by molar-refractivity contribution is 7.12. The number of amides is 1. The number of thiophene rings is 1. The van der Waals surface area contributed by atoms with Gasteiger partial charge in [-0.05, 0) is 24.3 Å². The molecule has 0 spiro atoms. The van der Waals surface area contributed by atoms with Crippen LogP contribution in [0.1, 0.15) is 47.3 Å². The number of carboxylic acid groups (broad SMARTS) is 1. The van der Waals surface area contributed by atoms with E-state index in [1.54, 1.807) is 7.11 Å². The van der Waals surface area contributed by atoms with Crippen LogP contribution < -0.4 is 5.32 Å². The van der Waals surface area contributed by atoms with E-state index >= 15 is 0 Å². The zero-order valence-corrected chi connectivity index (χ0v) is 13.0. The van der Waals surface area contributed by atoms with Gasteiger partial charge in [0.2, 0.25) is 0 Å². The zero-order chi connectivity index (χ0) is 15.3. The van der Waals surface area contributed by atoms with Crippen molar-refractivity contribution in [1.29, 1.82) is 0 Å². The summed E-state index contributed by atoms with van der Waals surface area (Å²) in [5, 5.41) is 14.2. The van der Waals surface area contributed by atoms with Gasteiger partial charge in [0.15, 0.2) is 0 Å². The fraction of sp³-hybridized carbons (Fsp3) is 0.600. The van der Waals surface area contributed by atoms with Crippen molar-refractivity contribution in [3.63, 3.8) is 0 Å². The fourth-order valence-corrected chi connectivity index (χ4v) is 3.65. The van der Waals surface area contributed by atoms with Crippen molar-refractivity contribution in [2.24, 2.45) is 5.41 Å². The molecule has 2 N–H and O–H groups in total. The highest BCUT2D eigenvalue weighted by Gasteiger charge is 2.39. The molecule has 5 nitrogen and oxygen atoms in total. The van der Waals surface area contributed by atoms with Gasteiger partial charge in [0.25, 0.3) is 5.91 Å². The summed E-state index contributed by atoms with van der Waals surface area (Å²) >= 11 is 1.35. The maximum absolute atomic E-state index is 12.3. The molecule has 21 heavy (non-hydrogen) atoms. The van der Waals surface area contributed by atoms with E-state index < -0.39 is 11.4 Å². The Kier molecular flexibility index (Phi) is 5.36. The van der Waals surface area contributed by atoms with Crippen LogP contribution in [0.2, 0.25) is 0 Å². The number of nitrogens with one attached hydrogen (secondary N) is 1. The van der Waals surface area contributed by atoms with Gasteiger partial charge in [-0.3, -0.25) is 9.59 Å². The van der Waals surface area contributed by atoms with E-state index in [1.807, 2.05) is 11.4 Å². The lowest BCUT2D eigenvalue weighted by Crippen LogP contribution is -2.44. The molecule has 0 aromatic carbocycles. The topological polar surface area (TPSA) is 75.6 Å². The van der Waals surface area contributed by atoms with Gasteiger partial charge >= 0.3 is 5.97 Å². The lowest BCUT2D eigenvalue weighted by Gasteiger charge is -2.33. The number of aliphatic carboxylic acids is 1.